The summed E-state index contributed by atoms with van der Waals surface area (Å²) in [5.41, 5.74) is 0.854. The van der Waals surface area contributed by atoms with Gasteiger partial charge in [-0.2, -0.15) is 13.2 Å². The van der Waals surface area contributed by atoms with Gasteiger partial charge in [-0.25, -0.2) is 4.79 Å². The van der Waals surface area contributed by atoms with Gasteiger partial charge in [-0.3, -0.25) is 9.59 Å². The number of hydrogen-bond acceptors (Lipinski definition) is 4. The summed E-state index contributed by atoms with van der Waals surface area (Å²) in [6, 6.07) is 6.25. The molecule has 2 rings (SSSR count). The molecule has 0 bridgehead atoms. The highest BCUT2D eigenvalue weighted by Gasteiger charge is 2.41. The molecule has 0 aromatic heterocycles. The van der Waals surface area contributed by atoms with Gasteiger partial charge in [-0.05, 0) is 24.6 Å². The van der Waals surface area contributed by atoms with Crippen molar-refractivity contribution in [2.75, 3.05) is 31.6 Å². The average Bonchev–Trinajstić information content (AvgIpc) is 3.02. The first kappa shape index (κ1) is 20.5. The van der Waals surface area contributed by atoms with E-state index >= 15 is 0 Å². The van der Waals surface area contributed by atoms with Crippen molar-refractivity contribution in [3.8, 4) is 0 Å². The Bertz CT molecular complexity index is 709. The molecule has 10 heteroatoms. The molecule has 7 nitrogen and oxygen atoms in total. The third-order valence-corrected chi connectivity index (χ3v) is 3.95. The minimum atomic E-state index is -4.93. The number of hydrogen-bond donors (Lipinski definition) is 1. The minimum Gasteiger partial charge on any atom is -0.448 e. The molecule has 1 aromatic rings. The van der Waals surface area contributed by atoms with Gasteiger partial charge in [0.2, 0.25) is 5.91 Å². The van der Waals surface area contributed by atoms with Crippen LogP contribution in [0.25, 0.3) is 0 Å². The number of ether oxygens (including phenoxy) is 1. The largest absolute Gasteiger partial charge is 0.471 e. The fourth-order valence-electron chi connectivity index (χ4n) is 2.56. The summed E-state index contributed by atoms with van der Waals surface area (Å²) < 4.78 is 42.6. The second-order valence-corrected chi connectivity index (χ2v) is 5.92. The van der Waals surface area contributed by atoms with E-state index in [-0.39, 0.29) is 32.0 Å². The maximum absolute atomic E-state index is 12.6. The number of benzene rings is 1. The SMILES string of the molecule is CCN(Cc1cccc(NC(=O)CCN2CCOC2=O)c1)C(=O)C(F)(F)F. The Kier molecular flexibility index (Phi) is 6.65. The number of alkyl halides is 3. The topological polar surface area (TPSA) is 79.0 Å². The number of carbonyl (C=O) groups is 3. The number of cyclic esters (lactones) is 1. The smallest absolute Gasteiger partial charge is 0.448 e. The van der Waals surface area contributed by atoms with E-state index in [1.54, 1.807) is 18.2 Å². The Balaban J connectivity index is 1.93. The lowest BCUT2D eigenvalue weighted by molar-refractivity contribution is -0.185. The van der Waals surface area contributed by atoms with Crippen molar-refractivity contribution >= 4 is 23.6 Å². The number of carbonyl (C=O) groups excluding carboxylic acids is 3. The fourth-order valence-corrected chi connectivity index (χ4v) is 2.56. The Morgan fingerprint density at radius 1 is 1.33 bits per heavy atom. The zero-order chi connectivity index (χ0) is 20.0. The number of nitrogens with zero attached hydrogens (tertiary/aromatic N) is 2. The first-order chi connectivity index (χ1) is 12.7. The zero-order valence-electron chi connectivity index (χ0n) is 14.7. The molecule has 0 unspecified atom stereocenters. The summed E-state index contributed by atoms with van der Waals surface area (Å²) in [6.45, 7) is 2.08. The fraction of sp³-hybridized carbons (Fsp3) is 0.471. The zero-order valence-corrected chi connectivity index (χ0v) is 14.7. The molecule has 1 heterocycles. The van der Waals surface area contributed by atoms with Crippen LogP contribution in [0.4, 0.5) is 23.7 Å². The van der Waals surface area contributed by atoms with Crippen LogP contribution < -0.4 is 5.32 Å². The van der Waals surface area contributed by atoms with Gasteiger partial charge in [0.1, 0.15) is 6.61 Å². The Hall–Kier alpha value is -2.78. The number of halogens is 3. The van der Waals surface area contributed by atoms with Crippen molar-refractivity contribution in [3.05, 3.63) is 29.8 Å². The molecule has 1 N–H and O–H groups in total. The normalized spacial score (nSPS) is 14.1. The standard InChI is InChI=1S/C17H20F3N3O4/c1-2-22(15(25)17(18,19)20)11-12-4-3-5-13(10-12)21-14(24)6-7-23-8-9-27-16(23)26/h3-5,10H,2,6-9,11H2,1H3,(H,21,24). The summed E-state index contributed by atoms with van der Waals surface area (Å²) >= 11 is 0. The number of anilines is 1. The van der Waals surface area contributed by atoms with Crippen molar-refractivity contribution in [1.82, 2.24) is 9.80 Å². The molecule has 27 heavy (non-hydrogen) atoms. The summed E-state index contributed by atoms with van der Waals surface area (Å²) in [5.74, 6) is -2.25. The summed E-state index contributed by atoms with van der Waals surface area (Å²) in [6.07, 6.45) is -5.33. The molecule has 148 valence electrons. The maximum Gasteiger partial charge on any atom is 0.471 e. The van der Waals surface area contributed by atoms with E-state index < -0.39 is 18.2 Å². The van der Waals surface area contributed by atoms with Crippen LogP contribution >= 0.6 is 0 Å². The molecule has 1 saturated heterocycles. The van der Waals surface area contributed by atoms with E-state index in [1.807, 2.05) is 0 Å². The average molecular weight is 387 g/mol. The van der Waals surface area contributed by atoms with Crippen LogP contribution in [0.1, 0.15) is 18.9 Å². The minimum absolute atomic E-state index is 0.0625. The Morgan fingerprint density at radius 2 is 2.07 bits per heavy atom. The molecule has 0 radical (unpaired) electrons. The number of rotatable bonds is 7. The summed E-state index contributed by atoms with van der Waals surface area (Å²) in [7, 11) is 0. The third kappa shape index (κ3) is 5.87. The van der Waals surface area contributed by atoms with Gasteiger partial charge in [-0.1, -0.05) is 12.1 Å². The maximum atomic E-state index is 12.6. The molecule has 3 amide bonds. The van der Waals surface area contributed by atoms with Crippen molar-refractivity contribution in [2.45, 2.75) is 26.1 Å². The molecule has 0 saturated carbocycles. The summed E-state index contributed by atoms with van der Waals surface area (Å²) in [5, 5.41) is 2.63. The van der Waals surface area contributed by atoms with E-state index in [9.17, 15) is 27.6 Å². The predicted octanol–water partition coefficient (Wildman–Crippen LogP) is 2.38. The van der Waals surface area contributed by atoms with Crippen LogP contribution in [-0.4, -0.2) is 60.1 Å². The van der Waals surface area contributed by atoms with Crippen molar-refractivity contribution < 1.29 is 32.3 Å². The Labute approximate surface area is 154 Å². The van der Waals surface area contributed by atoms with E-state index in [2.05, 4.69) is 5.32 Å². The summed E-state index contributed by atoms with van der Waals surface area (Å²) in [4.78, 5) is 36.8. The van der Waals surface area contributed by atoms with E-state index in [4.69, 9.17) is 4.74 Å². The first-order valence-corrected chi connectivity index (χ1v) is 8.37. The van der Waals surface area contributed by atoms with Crippen LogP contribution in [0.5, 0.6) is 0 Å². The highest BCUT2D eigenvalue weighted by atomic mass is 19.4. The lowest BCUT2D eigenvalue weighted by Gasteiger charge is -2.22. The predicted molar refractivity (Wildman–Crippen MR) is 89.8 cm³/mol. The second-order valence-electron chi connectivity index (χ2n) is 5.92. The first-order valence-electron chi connectivity index (χ1n) is 8.37. The molecule has 1 aromatic carbocycles. The molecule has 0 aliphatic carbocycles. The van der Waals surface area contributed by atoms with E-state index in [0.29, 0.717) is 29.3 Å². The van der Waals surface area contributed by atoms with Gasteiger partial charge in [0, 0.05) is 31.7 Å². The Morgan fingerprint density at radius 3 is 2.67 bits per heavy atom. The van der Waals surface area contributed by atoms with Gasteiger partial charge >= 0.3 is 18.2 Å². The van der Waals surface area contributed by atoms with Crippen molar-refractivity contribution in [3.63, 3.8) is 0 Å². The van der Waals surface area contributed by atoms with Gasteiger partial charge in [0.15, 0.2) is 0 Å². The molecule has 0 spiro atoms. The van der Waals surface area contributed by atoms with Gasteiger partial charge in [0.25, 0.3) is 0 Å². The van der Waals surface area contributed by atoms with Crippen LogP contribution in [0, 0.1) is 0 Å². The highest BCUT2D eigenvalue weighted by molar-refractivity contribution is 5.91. The van der Waals surface area contributed by atoms with E-state index in [0.717, 1.165) is 0 Å². The molecule has 1 fully saturated rings. The van der Waals surface area contributed by atoms with Gasteiger partial charge in [0.05, 0.1) is 6.54 Å². The highest BCUT2D eigenvalue weighted by Crippen LogP contribution is 2.21. The monoisotopic (exact) mass is 387 g/mol. The lowest BCUT2D eigenvalue weighted by atomic mass is 10.1. The van der Waals surface area contributed by atoms with Crippen LogP contribution in [-0.2, 0) is 20.9 Å². The molecule has 1 aliphatic heterocycles. The molecule has 0 atom stereocenters. The van der Waals surface area contributed by atoms with Crippen LogP contribution in [0.2, 0.25) is 0 Å². The molecular weight excluding hydrogens is 367 g/mol. The number of amides is 3. The van der Waals surface area contributed by atoms with Gasteiger partial charge in [-0.15, -0.1) is 0 Å². The number of nitrogens with one attached hydrogen (secondary N) is 1. The molecular formula is C17H20F3N3O4. The quantitative estimate of drug-likeness (QED) is 0.779. The van der Waals surface area contributed by atoms with Crippen LogP contribution in [0.3, 0.4) is 0 Å². The van der Waals surface area contributed by atoms with Crippen molar-refractivity contribution in [2.24, 2.45) is 0 Å². The lowest BCUT2D eigenvalue weighted by Crippen LogP contribution is -2.40. The third-order valence-electron chi connectivity index (χ3n) is 3.95. The molecule has 1 aliphatic rings. The van der Waals surface area contributed by atoms with Gasteiger partial charge < -0.3 is 19.9 Å². The van der Waals surface area contributed by atoms with Crippen molar-refractivity contribution in [1.29, 1.82) is 0 Å². The van der Waals surface area contributed by atoms with Crippen LogP contribution in [0.15, 0.2) is 24.3 Å². The second kappa shape index (κ2) is 8.74. The van der Waals surface area contributed by atoms with E-state index in [1.165, 1.54) is 17.9 Å².